The van der Waals surface area contributed by atoms with E-state index in [1.54, 1.807) is 43.9 Å². The van der Waals surface area contributed by atoms with Gasteiger partial charge in [-0.1, -0.05) is 0 Å². The Balaban J connectivity index is 1.73. The third-order valence-electron chi connectivity index (χ3n) is 4.45. The van der Waals surface area contributed by atoms with Crippen LogP contribution in [0.1, 0.15) is 27.6 Å². The first-order valence-electron chi connectivity index (χ1n) is 8.11. The van der Waals surface area contributed by atoms with E-state index in [1.807, 2.05) is 6.07 Å². The molecule has 25 heavy (non-hydrogen) atoms. The zero-order valence-corrected chi connectivity index (χ0v) is 14.9. The molecule has 0 bridgehead atoms. The molecule has 1 atom stereocenters. The van der Waals surface area contributed by atoms with Gasteiger partial charge in [0.15, 0.2) is 0 Å². The summed E-state index contributed by atoms with van der Waals surface area (Å²) in [5.41, 5.74) is 1.88. The van der Waals surface area contributed by atoms with Gasteiger partial charge in [-0.3, -0.25) is 9.78 Å². The van der Waals surface area contributed by atoms with E-state index < -0.39 is 0 Å². The first-order valence-corrected chi connectivity index (χ1v) is 8.93. The van der Waals surface area contributed by atoms with E-state index in [9.17, 15) is 4.79 Å². The average molecular weight is 354 g/mol. The van der Waals surface area contributed by atoms with Crippen LogP contribution in [0.5, 0.6) is 0 Å². The summed E-state index contributed by atoms with van der Waals surface area (Å²) in [6.07, 6.45) is 7.64. The standard InChI is InChI=1S/C17H18N6OS/c1-22(2)17(24)15-13(14-16(25-15)20-7-6-19-14)11-4-8-23(9-11)12-3-5-18-10-21-12/h3,5-7,10-11H,4,8-9H2,1-2H3/t11-/m0/s1. The molecule has 8 heteroatoms. The molecule has 4 rings (SSSR count). The van der Waals surface area contributed by atoms with E-state index in [-0.39, 0.29) is 11.8 Å². The Bertz CT molecular complexity index is 910. The molecule has 3 aromatic heterocycles. The molecule has 0 spiro atoms. The van der Waals surface area contributed by atoms with Crippen molar-refractivity contribution in [3.8, 4) is 0 Å². The smallest absolute Gasteiger partial charge is 0.263 e. The Labute approximate surface area is 149 Å². The van der Waals surface area contributed by atoms with Crippen LogP contribution in [-0.2, 0) is 0 Å². The van der Waals surface area contributed by atoms with Gasteiger partial charge in [0.2, 0.25) is 0 Å². The van der Waals surface area contributed by atoms with Crippen molar-refractivity contribution in [2.24, 2.45) is 0 Å². The molecule has 0 aliphatic carbocycles. The molecule has 1 amide bonds. The molecular weight excluding hydrogens is 336 g/mol. The SMILES string of the molecule is CN(C)C(=O)c1sc2nccnc2c1[C@H]1CCN(c2ccncn2)C1. The molecular formula is C17H18N6OS. The summed E-state index contributed by atoms with van der Waals surface area (Å²) in [7, 11) is 3.55. The van der Waals surface area contributed by atoms with Crippen LogP contribution in [0.25, 0.3) is 10.3 Å². The predicted octanol–water partition coefficient (Wildman–Crippen LogP) is 2.18. The van der Waals surface area contributed by atoms with Crippen molar-refractivity contribution >= 4 is 33.4 Å². The van der Waals surface area contributed by atoms with Crippen LogP contribution in [0.15, 0.2) is 31.0 Å². The van der Waals surface area contributed by atoms with Gasteiger partial charge < -0.3 is 9.80 Å². The number of hydrogen-bond donors (Lipinski definition) is 0. The van der Waals surface area contributed by atoms with Gasteiger partial charge in [0.05, 0.1) is 4.88 Å². The van der Waals surface area contributed by atoms with Crippen LogP contribution in [-0.4, -0.2) is 57.9 Å². The van der Waals surface area contributed by atoms with Crippen LogP contribution in [0.2, 0.25) is 0 Å². The fraction of sp³-hybridized carbons (Fsp3) is 0.353. The number of rotatable bonds is 3. The third kappa shape index (κ3) is 2.82. The number of aromatic nitrogens is 4. The van der Waals surface area contributed by atoms with E-state index in [0.717, 1.165) is 46.1 Å². The summed E-state index contributed by atoms with van der Waals surface area (Å²) in [5, 5.41) is 0. The lowest BCUT2D eigenvalue weighted by atomic mass is 9.97. The molecule has 7 nitrogen and oxygen atoms in total. The average Bonchev–Trinajstić information content (AvgIpc) is 3.26. The fourth-order valence-electron chi connectivity index (χ4n) is 3.26. The van der Waals surface area contributed by atoms with Gasteiger partial charge in [-0.25, -0.2) is 15.0 Å². The quantitative estimate of drug-likeness (QED) is 0.718. The van der Waals surface area contributed by atoms with E-state index in [4.69, 9.17) is 0 Å². The summed E-state index contributed by atoms with van der Waals surface area (Å²) in [6.45, 7) is 1.71. The molecule has 1 aliphatic rings. The number of fused-ring (bicyclic) bond motifs is 1. The highest BCUT2D eigenvalue weighted by Crippen LogP contribution is 2.39. The summed E-state index contributed by atoms with van der Waals surface area (Å²) >= 11 is 1.44. The van der Waals surface area contributed by atoms with Crippen molar-refractivity contribution in [3.05, 3.63) is 41.4 Å². The number of amides is 1. The maximum absolute atomic E-state index is 12.7. The highest BCUT2D eigenvalue weighted by Gasteiger charge is 2.32. The second kappa shape index (κ2) is 6.36. The van der Waals surface area contributed by atoms with Crippen molar-refractivity contribution in [1.29, 1.82) is 0 Å². The molecule has 1 saturated heterocycles. The van der Waals surface area contributed by atoms with Crippen LogP contribution >= 0.6 is 11.3 Å². The minimum Gasteiger partial charge on any atom is -0.356 e. The number of carbonyl (C=O) groups is 1. The Morgan fingerprint density at radius 1 is 1.24 bits per heavy atom. The van der Waals surface area contributed by atoms with E-state index in [0.29, 0.717) is 0 Å². The minimum atomic E-state index is 0.0142. The third-order valence-corrected chi connectivity index (χ3v) is 5.54. The van der Waals surface area contributed by atoms with Gasteiger partial charge in [-0.05, 0) is 12.5 Å². The normalized spacial score (nSPS) is 17.2. The minimum absolute atomic E-state index is 0.0142. The monoisotopic (exact) mass is 354 g/mol. The predicted molar refractivity (Wildman–Crippen MR) is 97.0 cm³/mol. The molecule has 128 valence electrons. The van der Waals surface area contributed by atoms with Crippen molar-refractivity contribution in [1.82, 2.24) is 24.8 Å². The van der Waals surface area contributed by atoms with Crippen LogP contribution in [0, 0.1) is 0 Å². The number of carbonyl (C=O) groups excluding carboxylic acids is 1. The highest BCUT2D eigenvalue weighted by atomic mass is 32.1. The Hall–Kier alpha value is -2.61. The lowest BCUT2D eigenvalue weighted by molar-refractivity contribution is 0.0831. The molecule has 0 radical (unpaired) electrons. The van der Waals surface area contributed by atoms with Gasteiger partial charge in [0, 0.05) is 57.3 Å². The first kappa shape index (κ1) is 15.9. The second-order valence-electron chi connectivity index (χ2n) is 6.25. The molecule has 3 aromatic rings. The first-order chi connectivity index (χ1) is 12.1. The lowest BCUT2D eigenvalue weighted by Gasteiger charge is -2.18. The number of nitrogens with zero attached hydrogens (tertiary/aromatic N) is 6. The molecule has 0 unspecified atom stereocenters. The number of anilines is 1. The summed E-state index contributed by atoms with van der Waals surface area (Å²) in [4.78, 5) is 35.4. The molecule has 0 aromatic carbocycles. The van der Waals surface area contributed by atoms with Crippen LogP contribution in [0.4, 0.5) is 5.82 Å². The van der Waals surface area contributed by atoms with Gasteiger partial charge in [0.25, 0.3) is 5.91 Å². The topological polar surface area (TPSA) is 75.1 Å². The van der Waals surface area contributed by atoms with E-state index >= 15 is 0 Å². The van der Waals surface area contributed by atoms with Crippen LogP contribution < -0.4 is 4.90 Å². The number of hydrogen-bond acceptors (Lipinski definition) is 7. The molecule has 4 heterocycles. The Morgan fingerprint density at radius 3 is 2.84 bits per heavy atom. The summed E-state index contributed by atoms with van der Waals surface area (Å²) in [6, 6.07) is 1.92. The fourth-order valence-corrected chi connectivity index (χ4v) is 4.47. The number of thiophene rings is 1. The zero-order chi connectivity index (χ0) is 17.4. The maximum Gasteiger partial charge on any atom is 0.263 e. The maximum atomic E-state index is 12.7. The van der Waals surface area contributed by atoms with Crippen molar-refractivity contribution in [2.75, 3.05) is 32.1 Å². The molecule has 1 fully saturated rings. The van der Waals surface area contributed by atoms with Gasteiger partial charge in [-0.2, -0.15) is 0 Å². The highest BCUT2D eigenvalue weighted by molar-refractivity contribution is 7.20. The van der Waals surface area contributed by atoms with Gasteiger partial charge in [0.1, 0.15) is 22.5 Å². The Kier molecular flexibility index (Phi) is 4.04. The van der Waals surface area contributed by atoms with Gasteiger partial charge in [-0.15, -0.1) is 11.3 Å². The van der Waals surface area contributed by atoms with Crippen molar-refractivity contribution < 1.29 is 4.79 Å². The van der Waals surface area contributed by atoms with Crippen molar-refractivity contribution in [2.45, 2.75) is 12.3 Å². The van der Waals surface area contributed by atoms with Gasteiger partial charge >= 0.3 is 0 Å². The van der Waals surface area contributed by atoms with E-state index in [2.05, 4.69) is 24.8 Å². The van der Waals surface area contributed by atoms with Crippen molar-refractivity contribution in [3.63, 3.8) is 0 Å². The second-order valence-corrected chi connectivity index (χ2v) is 7.25. The summed E-state index contributed by atoms with van der Waals surface area (Å²) < 4.78 is 0. The van der Waals surface area contributed by atoms with E-state index in [1.165, 1.54) is 11.3 Å². The molecule has 0 saturated carbocycles. The largest absolute Gasteiger partial charge is 0.356 e. The zero-order valence-electron chi connectivity index (χ0n) is 14.1. The molecule has 0 N–H and O–H groups in total. The van der Waals surface area contributed by atoms with Crippen LogP contribution in [0.3, 0.4) is 0 Å². The molecule has 1 aliphatic heterocycles. The lowest BCUT2D eigenvalue weighted by Crippen LogP contribution is -2.23. The Morgan fingerprint density at radius 2 is 2.08 bits per heavy atom. The summed E-state index contributed by atoms with van der Waals surface area (Å²) in [5.74, 6) is 1.17.